The van der Waals surface area contributed by atoms with Crippen LogP contribution < -0.4 is 9.47 Å². The summed E-state index contributed by atoms with van der Waals surface area (Å²) in [6.45, 7) is 7.37. The van der Waals surface area contributed by atoms with Crippen molar-refractivity contribution in [2.45, 2.75) is 39.2 Å². The van der Waals surface area contributed by atoms with E-state index in [1.807, 2.05) is 43.3 Å². The molecule has 2 aromatic rings. The van der Waals surface area contributed by atoms with Crippen LogP contribution in [-0.4, -0.2) is 37.8 Å². The maximum atomic E-state index is 12.9. The lowest BCUT2D eigenvalue weighted by atomic mass is 9.78. The molecule has 0 amide bonds. The molecule has 0 aromatic heterocycles. The summed E-state index contributed by atoms with van der Waals surface area (Å²) in [5.74, 6) is 1.77. The maximum Gasteiger partial charge on any atom is 0.303 e. The van der Waals surface area contributed by atoms with Crippen LogP contribution in [-0.2, 0) is 14.9 Å². The highest BCUT2D eigenvalue weighted by molar-refractivity contribution is 6.18. The summed E-state index contributed by atoms with van der Waals surface area (Å²) in [4.78, 5) is 11.0. The van der Waals surface area contributed by atoms with Gasteiger partial charge in [0.1, 0.15) is 24.8 Å². The summed E-state index contributed by atoms with van der Waals surface area (Å²) in [7, 11) is 0. The molecule has 0 aliphatic rings. The van der Waals surface area contributed by atoms with Gasteiger partial charge in [-0.2, -0.15) is 0 Å². The molecule has 164 valence electrons. The Bertz CT molecular complexity index is 790. The summed E-state index contributed by atoms with van der Waals surface area (Å²) in [5.41, 5.74) is 2.04. The predicted molar refractivity (Wildman–Crippen MR) is 117 cm³/mol. The molecular weight excluding hydrogens is 407 g/mol. The van der Waals surface area contributed by atoms with Crippen molar-refractivity contribution in [3.8, 4) is 11.5 Å². The molecule has 6 heteroatoms. The molecule has 0 aliphatic heterocycles. The van der Waals surface area contributed by atoms with Gasteiger partial charge in [-0.1, -0.05) is 45.0 Å². The highest BCUT2D eigenvalue weighted by atomic mass is 35.5. The number of benzene rings is 2. The first-order valence-corrected chi connectivity index (χ1v) is 10.6. The van der Waals surface area contributed by atoms with Crippen molar-refractivity contribution >= 4 is 17.6 Å². The fourth-order valence-corrected chi connectivity index (χ4v) is 3.01. The third-order valence-corrected chi connectivity index (χ3v) is 5.42. The Balaban J connectivity index is 2.01. The number of rotatable bonds is 11. The lowest BCUT2D eigenvalue weighted by Crippen LogP contribution is -2.26. The van der Waals surface area contributed by atoms with Crippen LogP contribution in [0, 0.1) is 5.92 Å². The van der Waals surface area contributed by atoms with Crippen LogP contribution in [0.4, 0.5) is 4.39 Å². The molecule has 0 radical (unpaired) electrons. The van der Waals surface area contributed by atoms with Gasteiger partial charge < -0.3 is 14.2 Å². The highest BCUT2D eigenvalue weighted by Crippen LogP contribution is 2.33. The number of ether oxygens (including phenoxy) is 3. The predicted octanol–water partition coefficient (Wildman–Crippen LogP) is 5.55. The topological polar surface area (TPSA) is 44.8 Å². The fourth-order valence-electron chi connectivity index (χ4n) is 2.92. The van der Waals surface area contributed by atoms with Gasteiger partial charge >= 0.3 is 5.97 Å². The Morgan fingerprint density at radius 2 is 1.43 bits per heavy atom. The fraction of sp³-hybridized carbons (Fsp3) is 0.458. The number of hydrogen-bond donors (Lipinski definition) is 0. The molecule has 2 unspecified atom stereocenters. The van der Waals surface area contributed by atoms with E-state index in [0.29, 0.717) is 24.2 Å². The Morgan fingerprint density at radius 3 is 1.83 bits per heavy atom. The highest BCUT2D eigenvalue weighted by Gasteiger charge is 2.23. The molecule has 2 rings (SSSR count). The Hall–Kier alpha value is -2.27. The van der Waals surface area contributed by atoms with Gasteiger partial charge in [0.25, 0.3) is 0 Å². The minimum Gasteiger partial charge on any atom is -0.493 e. The third-order valence-electron chi connectivity index (χ3n) is 4.89. The first kappa shape index (κ1) is 24.0. The molecule has 30 heavy (non-hydrogen) atoms. The van der Waals surface area contributed by atoms with E-state index in [2.05, 4.69) is 26.0 Å². The second-order valence-electron chi connectivity index (χ2n) is 7.94. The molecule has 0 saturated carbocycles. The lowest BCUT2D eigenvalue weighted by Gasteiger charge is -2.26. The van der Waals surface area contributed by atoms with Gasteiger partial charge in [-0.05, 0) is 35.4 Å². The van der Waals surface area contributed by atoms with Crippen molar-refractivity contribution in [1.29, 1.82) is 0 Å². The van der Waals surface area contributed by atoms with Crippen LogP contribution in [0.2, 0.25) is 0 Å². The molecule has 2 atom stereocenters. The Kier molecular flexibility index (Phi) is 8.97. The lowest BCUT2D eigenvalue weighted by molar-refractivity contribution is -0.148. The molecule has 0 heterocycles. The van der Waals surface area contributed by atoms with Gasteiger partial charge in [-0.3, -0.25) is 4.79 Å². The van der Waals surface area contributed by atoms with Crippen LogP contribution in [0.15, 0.2) is 48.5 Å². The van der Waals surface area contributed by atoms with E-state index in [4.69, 9.17) is 25.8 Å². The largest absolute Gasteiger partial charge is 0.493 e. The zero-order valence-corrected chi connectivity index (χ0v) is 18.7. The van der Waals surface area contributed by atoms with Gasteiger partial charge in [0, 0.05) is 24.1 Å². The van der Waals surface area contributed by atoms with Crippen LogP contribution >= 0.6 is 11.6 Å². The van der Waals surface area contributed by atoms with Gasteiger partial charge in [-0.25, -0.2) is 4.39 Å². The first-order valence-electron chi connectivity index (χ1n) is 10.0. The van der Waals surface area contributed by atoms with Crippen LogP contribution in [0.1, 0.15) is 38.8 Å². The van der Waals surface area contributed by atoms with E-state index in [9.17, 15) is 9.18 Å². The number of carbonyl (C=O) groups is 1. The molecule has 0 aliphatic carbocycles. The van der Waals surface area contributed by atoms with E-state index >= 15 is 0 Å². The van der Waals surface area contributed by atoms with Crippen molar-refractivity contribution in [2.75, 3.05) is 25.8 Å². The summed E-state index contributed by atoms with van der Waals surface area (Å²) in [5, 5.41) is 0. The van der Waals surface area contributed by atoms with Gasteiger partial charge in [0.2, 0.25) is 0 Å². The molecule has 0 bridgehead atoms. The SMILES string of the molecule is CC(=O)OC(CF)COc1ccc(C(C)(C)c2ccc(OCC(C)CCl)cc2)cc1. The summed E-state index contributed by atoms with van der Waals surface area (Å²) >= 11 is 5.82. The molecule has 0 fully saturated rings. The molecular formula is C24H30ClFO4. The van der Waals surface area contributed by atoms with Crippen LogP contribution in [0.25, 0.3) is 0 Å². The van der Waals surface area contributed by atoms with Crippen molar-refractivity contribution < 1.29 is 23.4 Å². The standard InChI is InChI=1S/C24H30ClFO4/c1-17(13-25)15-28-21-9-5-19(6-10-21)24(3,4)20-7-11-22(12-8-20)29-16-23(14-26)30-18(2)27/h5-12,17,23H,13-16H2,1-4H3. The second kappa shape index (κ2) is 11.2. The normalized spacial score (nSPS) is 13.4. The Labute approximate surface area is 183 Å². The zero-order chi connectivity index (χ0) is 22.1. The molecule has 0 spiro atoms. The number of alkyl halides is 2. The van der Waals surface area contributed by atoms with Gasteiger partial charge in [0.15, 0.2) is 6.10 Å². The molecule has 4 nitrogen and oxygen atoms in total. The number of carbonyl (C=O) groups excluding carboxylic acids is 1. The minimum absolute atomic E-state index is 0.0252. The van der Waals surface area contributed by atoms with Crippen LogP contribution in [0.5, 0.6) is 11.5 Å². The first-order chi connectivity index (χ1) is 14.3. The average molecular weight is 437 g/mol. The van der Waals surface area contributed by atoms with Crippen molar-refractivity contribution in [2.24, 2.45) is 5.92 Å². The quantitative estimate of drug-likeness (QED) is 0.342. The molecule has 2 aromatic carbocycles. The van der Waals surface area contributed by atoms with Gasteiger partial charge in [-0.15, -0.1) is 11.6 Å². The maximum absolute atomic E-state index is 12.9. The number of halogens is 2. The third kappa shape index (κ3) is 6.91. The minimum atomic E-state index is -0.897. The smallest absolute Gasteiger partial charge is 0.303 e. The van der Waals surface area contributed by atoms with E-state index in [1.54, 1.807) is 0 Å². The monoisotopic (exact) mass is 436 g/mol. The summed E-state index contributed by atoms with van der Waals surface area (Å²) in [6.07, 6.45) is -0.897. The van der Waals surface area contributed by atoms with Crippen LogP contribution in [0.3, 0.4) is 0 Å². The van der Waals surface area contributed by atoms with Crippen molar-refractivity contribution in [3.63, 3.8) is 0 Å². The van der Waals surface area contributed by atoms with Gasteiger partial charge in [0.05, 0.1) is 6.61 Å². The number of esters is 1. The average Bonchev–Trinajstić information content (AvgIpc) is 2.75. The zero-order valence-electron chi connectivity index (χ0n) is 18.0. The van der Waals surface area contributed by atoms with E-state index in [0.717, 1.165) is 16.9 Å². The molecule has 0 saturated heterocycles. The summed E-state index contributed by atoms with van der Waals surface area (Å²) in [6, 6.07) is 15.7. The van der Waals surface area contributed by atoms with Crippen molar-refractivity contribution in [3.05, 3.63) is 59.7 Å². The Morgan fingerprint density at radius 1 is 0.967 bits per heavy atom. The second-order valence-corrected chi connectivity index (χ2v) is 8.25. The molecule has 0 N–H and O–H groups in total. The summed E-state index contributed by atoms with van der Waals surface area (Å²) < 4.78 is 29.1. The van der Waals surface area contributed by atoms with Crippen molar-refractivity contribution in [1.82, 2.24) is 0 Å². The number of hydrogen-bond acceptors (Lipinski definition) is 4. The van der Waals surface area contributed by atoms with E-state index in [-0.39, 0.29) is 12.0 Å². The van der Waals surface area contributed by atoms with E-state index in [1.165, 1.54) is 6.92 Å². The van der Waals surface area contributed by atoms with E-state index < -0.39 is 18.7 Å².